The number of hydrazone groups is 1. The number of nitrogens with zero attached hydrogens (tertiary/aromatic N) is 2. The van der Waals surface area contributed by atoms with Gasteiger partial charge in [-0.15, -0.1) is 0 Å². The van der Waals surface area contributed by atoms with Gasteiger partial charge in [-0.25, -0.2) is 5.01 Å². The van der Waals surface area contributed by atoms with E-state index in [9.17, 15) is 4.79 Å². The van der Waals surface area contributed by atoms with Crippen molar-refractivity contribution in [2.24, 2.45) is 16.9 Å². The second kappa shape index (κ2) is 9.33. The molecule has 2 atom stereocenters. The van der Waals surface area contributed by atoms with Crippen molar-refractivity contribution >= 4 is 11.6 Å². The van der Waals surface area contributed by atoms with Gasteiger partial charge in [0.05, 0.1) is 25.5 Å². The normalized spacial score (nSPS) is 21.1. The minimum Gasteiger partial charge on any atom is -0.490 e. The predicted octanol–water partition coefficient (Wildman–Crippen LogP) is 5.04. The molecule has 0 unspecified atom stereocenters. The van der Waals surface area contributed by atoms with Gasteiger partial charge in [0.25, 0.3) is 0 Å². The van der Waals surface area contributed by atoms with Crippen LogP contribution in [0.15, 0.2) is 53.6 Å². The maximum absolute atomic E-state index is 13.2. The fourth-order valence-corrected chi connectivity index (χ4v) is 4.55. The van der Waals surface area contributed by atoms with Crippen LogP contribution in [0.4, 0.5) is 0 Å². The number of carbonyl (C=O) groups excluding carboxylic acids is 1. The van der Waals surface area contributed by atoms with Crippen LogP contribution in [0.2, 0.25) is 0 Å². The minimum atomic E-state index is 0.0112. The van der Waals surface area contributed by atoms with Crippen molar-refractivity contribution in [2.45, 2.75) is 46.1 Å². The van der Waals surface area contributed by atoms with Gasteiger partial charge in [-0.05, 0) is 50.5 Å². The summed E-state index contributed by atoms with van der Waals surface area (Å²) in [5, 5.41) is 6.57. The van der Waals surface area contributed by atoms with Crippen molar-refractivity contribution in [3.63, 3.8) is 0 Å². The molecule has 1 aliphatic carbocycles. The molecule has 1 aliphatic heterocycles. The second-order valence-corrected chi connectivity index (χ2v) is 7.89. The van der Waals surface area contributed by atoms with E-state index in [4.69, 9.17) is 14.6 Å². The van der Waals surface area contributed by atoms with Crippen LogP contribution in [0, 0.1) is 11.8 Å². The van der Waals surface area contributed by atoms with E-state index in [-0.39, 0.29) is 17.7 Å². The molecule has 5 nitrogen and oxygen atoms in total. The van der Waals surface area contributed by atoms with E-state index < -0.39 is 0 Å². The standard InChI is InChI=1S/C25H30N2O3/c1-3-29-22-15-14-19(16-23(22)30-4-2)24-20-12-8-9-13-21(20)25(28)27(26-24)17-18-10-6-5-7-11-18/h5-7,10-11,14-16,20-21H,3-4,8-9,12-13,17H2,1-2H3/t20-,21+/m1/s1. The number of hydrogen-bond acceptors (Lipinski definition) is 4. The van der Waals surface area contributed by atoms with E-state index in [1.54, 1.807) is 5.01 Å². The molecule has 0 spiro atoms. The monoisotopic (exact) mass is 406 g/mol. The molecular weight excluding hydrogens is 376 g/mol. The van der Waals surface area contributed by atoms with Gasteiger partial charge in [0.15, 0.2) is 11.5 Å². The van der Waals surface area contributed by atoms with Crippen molar-refractivity contribution in [3.8, 4) is 11.5 Å². The molecule has 1 saturated carbocycles. The van der Waals surface area contributed by atoms with Crippen LogP contribution in [0.25, 0.3) is 0 Å². The van der Waals surface area contributed by atoms with E-state index >= 15 is 0 Å². The van der Waals surface area contributed by atoms with Crippen LogP contribution < -0.4 is 9.47 Å². The summed E-state index contributed by atoms with van der Waals surface area (Å²) in [5.74, 6) is 1.82. The molecule has 0 radical (unpaired) electrons. The third-order valence-corrected chi connectivity index (χ3v) is 5.93. The maximum Gasteiger partial charge on any atom is 0.246 e. The average molecular weight is 407 g/mol. The zero-order chi connectivity index (χ0) is 20.9. The molecule has 1 fully saturated rings. The highest BCUT2D eigenvalue weighted by Crippen LogP contribution is 2.39. The quantitative estimate of drug-likeness (QED) is 0.647. The Bertz CT molecular complexity index is 910. The lowest BCUT2D eigenvalue weighted by molar-refractivity contribution is -0.139. The number of hydrogen-bond donors (Lipinski definition) is 0. The van der Waals surface area contributed by atoms with Crippen LogP contribution in [0.3, 0.4) is 0 Å². The first-order valence-corrected chi connectivity index (χ1v) is 11.0. The Labute approximate surface area is 178 Å². The number of amides is 1. The maximum atomic E-state index is 13.2. The summed E-state index contributed by atoms with van der Waals surface area (Å²) in [6, 6.07) is 16.1. The molecule has 2 aromatic rings. The number of carbonyl (C=O) groups is 1. The van der Waals surface area contributed by atoms with Gasteiger partial charge in [-0.1, -0.05) is 43.2 Å². The molecule has 0 N–H and O–H groups in total. The summed E-state index contributed by atoms with van der Waals surface area (Å²) >= 11 is 0. The second-order valence-electron chi connectivity index (χ2n) is 7.89. The SMILES string of the molecule is CCOc1ccc(C2=NN(Cc3ccccc3)C(=O)[C@H]3CCCC[C@@H]23)cc1OCC. The molecule has 30 heavy (non-hydrogen) atoms. The Balaban J connectivity index is 1.72. The summed E-state index contributed by atoms with van der Waals surface area (Å²) in [7, 11) is 0. The van der Waals surface area contributed by atoms with E-state index in [1.165, 1.54) is 0 Å². The van der Waals surface area contributed by atoms with Crippen LogP contribution in [-0.2, 0) is 11.3 Å². The highest BCUT2D eigenvalue weighted by Gasteiger charge is 2.41. The van der Waals surface area contributed by atoms with Crippen molar-refractivity contribution < 1.29 is 14.3 Å². The topological polar surface area (TPSA) is 51.1 Å². The fraction of sp³-hybridized carbons (Fsp3) is 0.440. The van der Waals surface area contributed by atoms with Gasteiger partial charge >= 0.3 is 0 Å². The van der Waals surface area contributed by atoms with Crippen molar-refractivity contribution in [2.75, 3.05) is 13.2 Å². The van der Waals surface area contributed by atoms with E-state index in [0.717, 1.165) is 54.0 Å². The molecule has 1 heterocycles. The van der Waals surface area contributed by atoms with Gasteiger partial charge in [0, 0.05) is 17.4 Å². The van der Waals surface area contributed by atoms with E-state index in [0.29, 0.717) is 19.8 Å². The Hall–Kier alpha value is -2.82. The molecule has 0 bridgehead atoms. The lowest BCUT2D eigenvalue weighted by atomic mass is 9.73. The minimum absolute atomic E-state index is 0.0112. The van der Waals surface area contributed by atoms with Crippen LogP contribution >= 0.6 is 0 Å². The van der Waals surface area contributed by atoms with Crippen LogP contribution in [-0.4, -0.2) is 29.8 Å². The van der Waals surface area contributed by atoms with E-state index in [2.05, 4.69) is 6.07 Å². The summed E-state index contributed by atoms with van der Waals surface area (Å²) in [6.07, 6.45) is 4.18. The van der Waals surface area contributed by atoms with E-state index in [1.807, 2.05) is 56.3 Å². The Morgan fingerprint density at radius 1 is 0.933 bits per heavy atom. The van der Waals surface area contributed by atoms with Crippen LogP contribution in [0.5, 0.6) is 11.5 Å². The highest BCUT2D eigenvalue weighted by atomic mass is 16.5. The first kappa shape index (κ1) is 20.5. The zero-order valence-corrected chi connectivity index (χ0v) is 17.8. The Morgan fingerprint density at radius 3 is 2.37 bits per heavy atom. The molecule has 4 rings (SSSR count). The number of benzene rings is 2. The average Bonchev–Trinajstić information content (AvgIpc) is 2.78. The van der Waals surface area contributed by atoms with Gasteiger partial charge in [-0.3, -0.25) is 4.79 Å². The number of fused-ring (bicyclic) bond motifs is 1. The van der Waals surface area contributed by atoms with Crippen molar-refractivity contribution in [1.29, 1.82) is 0 Å². The predicted molar refractivity (Wildman–Crippen MR) is 118 cm³/mol. The molecule has 0 aromatic heterocycles. The van der Waals surface area contributed by atoms with Gasteiger partial charge < -0.3 is 9.47 Å². The number of ether oxygens (including phenoxy) is 2. The fourth-order valence-electron chi connectivity index (χ4n) is 4.55. The molecule has 0 saturated heterocycles. The third-order valence-electron chi connectivity index (χ3n) is 5.93. The van der Waals surface area contributed by atoms with Crippen molar-refractivity contribution in [3.05, 3.63) is 59.7 Å². The molecule has 2 aliphatic rings. The molecular formula is C25H30N2O3. The largest absolute Gasteiger partial charge is 0.490 e. The first-order valence-electron chi connectivity index (χ1n) is 11.0. The highest BCUT2D eigenvalue weighted by molar-refractivity contribution is 6.07. The lowest BCUT2D eigenvalue weighted by Crippen LogP contribution is -2.45. The summed E-state index contributed by atoms with van der Waals surface area (Å²) in [4.78, 5) is 13.2. The smallest absolute Gasteiger partial charge is 0.246 e. The van der Waals surface area contributed by atoms with Gasteiger partial charge in [0.2, 0.25) is 5.91 Å². The van der Waals surface area contributed by atoms with Crippen LogP contribution in [0.1, 0.15) is 50.7 Å². The Morgan fingerprint density at radius 2 is 1.63 bits per heavy atom. The molecule has 158 valence electrons. The summed E-state index contributed by atoms with van der Waals surface area (Å²) in [6.45, 7) is 5.60. The molecule has 2 aromatic carbocycles. The lowest BCUT2D eigenvalue weighted by Gasteiger charge is -2.38. The summed E-state index contributed by atoms with van der Waals surface area (Å²) < 4.78 is 11.6. The van der Waals surface area contributed by atoms with Gasteiger partial charge in [-0.2, -0.15) is 5.10 Å². The van der Waals surface area contributed by atoms with Gasteiger partial charge in [0.1, 0.15) is 0 Å². The van der Waals surface area contributed by atoms with Crippen molar-refractivity contribution in [1.82, 2.24) is 5.01 Å². The first-order chi connectivity index (χ1) is 14.7. The number of rotatable bonds is 7. The summed E-state index contributed by atoms with van der Waals surface area (Å²) in [5.41, 5.74) is 3.11. The zero-order valence-electron chi connectivity index (χ0n) is 17.8. The molecule has 1 amide bonds. The molecule has 5 heteroatoms. The third kappa shape index (κ3) is 4.20. The Kier molecular flexibility index (Phi) is 6.36.